The maximum Gasteiger partial charge on any atom is 0.252 e. The second kappa shape index (κ2) is 7.08. The minimum absolute atomic E-state index is 0.155. The summed E-state index contributed by atoms with van der Waals surface area (Å²) >= 11 is 3.05. The number of carbonyl (C=O) groups is 1. The van der Waals surface area contributed by atoms with Gasteiger partial charge in [0, 0.05) is 5.69 Å². The lowest BCUT2D eigenvalue weighted by Gasteiger charge is -2.09. The summed E-state index contributed by atoms with van der Waals surface area (Å²) < 4.78 is 18.9. The van der Waals surface area contributed by atoms with Crippen molar-refractivity contribution >= 4 is 27.5 Å². The monoisotopic (exact) mass is 352 g/mol. The molecule has 2 aromatic rings. The lowest BCUT2D eigenvalue weighted by atomic mass is 10.2. The van der Waals surface area contributed by atoms with Gasteiger partial charge >= 0.3 is 0 Å². The molecule has 6 heteroatoms. The van der Waals surface area contributed by atoms with Gasteiger partial charge in [-0.2, -0.15) is 0 Å². The van der Waals surface area contributed by atoms with E-state index < -0.39 is 5.82 Å². The molecule has 0 saturated heterocycles. The van der Waals surface area contributed by atoms with Gasteiger partial charge in [0.2, 0.25) is 0 Å². The zero-order valence-electron chi connectivity index (χ0n) is 11.1. The molecule has 0 fully saturated rings. The number of nitrogens with two attached hydrogens (primary N) is 1. The first-order valence-electron chi connectivity index (χ1n) is 6.28. The molecule has 1 amide bonds. The average molecular weight is 353 g/mol. The summed E-state index contributed by atoms with van der Waals surface area (Å²) in [5.41, 5.74) is 6.48. The van der Waals surface area contributed by atoms with Crippen LogP contribution in [0.4, 0.5) is 10.1 Å². The number of hydrogen-bond donors (Lipinski definition) is 2. The van der Waals surface area contributed by atoms with Crippen molar-refractivity contribution in [3.05, 3.63) is 58.3 Å². The van der Waals surface area contributed by atoms with E-state index in [9.17, 15) is 9.18 Å². The summed E-state index contributed by atoms with van der Waals surface area (Å²) in [4.78, 5) is 11.9. The second-order valence-corrected chi connectivity index (χ2v) is 5.07. The van der Waals surface area contributed by atoms with Crippen LogP contribution in [0.15, 0.2) is 46.9 Å². The fraction of sp³-hybridized carbons (Fsp3) is 0.133. The maximum atomic E-state index is 13.3. The summed E-state index contributed by atoms with van der Waals surface area (Å²) in [5, 5.41) is 2.66. The fourth-order valence-electron chi connectivity index (χ4n) is 1.67. The molecule has 0 aromatic heterocycles. The van der Waals surface area contributed by atoms with Gasteiger partial charge < -0.3 is 15.8 Å². The van der Waals surface area contributed by atoms with Gasteiger partial charge in [-0.15, -0.1) is 0 Å². The first-order chi connectivity index (χ1) is 10.1. The van der Waals surface area contributed by atoms with E-state index in [-0.39, 0.29) is 15.9 Å². The van der Waals surface area contributed by atoms with Crippen LogP contribution in [0.25, 0.3) is 0 Å². The van der Waals surface area contributed by atoms with Gasteiger partial charge in [0.15, 0.2) is 0 Å². The zero-order chi connectivity index (χ0) is 15.2. The standard InChI is InChI=1S/C15H14BrFN2O2/c16-14-12(2-1-3-13(14)17)15(20)19-8-9-21-11-6-4-10(18)5-7-11/h1-7H,8-9,18H2,(H,19,20). The number of nitrogens with one attached hydrogen (secondary N) is 1. The van der Waals surface area contributed by atoms with Crippen molar-refractivity contribution in [3.63, 3.8) is 0 Å². The normalized spacial score (nSPS) is 10.2. The van der Waals surface area contributed by atoms with Gasteiger partial charge in [-0.3, -0.25) is 4.79 Å². The van der Waals surface area contributed by atoms with E-state index in [1.54, 1.807) is 30.3 Å². The Bertz CT molecular complexity index is 632. The van der Waals surface area contributed by atoms with Gasteiger partial charge in [0.25, 0.3) is 5.91 Å². The predicted octanol–water partition coefficient (Wildman–Crippen LogP) is 2.98. The number of benzene rings is 2. The van der Waals surface area contributed by atoms with E-state index in [0.29, 0.717) is 24.6 Å². The Kier molecular flexibility index (Phi) is 5.16. The van der Waals surface area contributed by atoms with Crippen LogP contribution in [0.1, 0.15) is 10.4 Å². The summed E-state index contributed by atoms with van der Waals surface area (Å²) in [5.74, 6) is -0.159. The maximum absolute atomic E-state index is 13.3. The van der Waals surface area contributed by atoms with E-state index in [0.717, 1.165) is 0 Å². The number of amides is 1. The van der Waals surface area contributed by atoms with Crippen molar-refractivity contribution in [1.82, 2.24) is 5.32 Å². The van der Waals surface area contributed by atoms with Gasteiger partial charge in [-0.05, 0) is 52.3 Å². The number of hydrogen-bond acceptors (Lipinski definition) is 3. The van der Waals surface area contributed by atoms with Gasteiger partial charge in [-0.1, -0.05) is 6.07 Å². The highest BCUT2D eigenvalue weighted by molar-refractivity contribution is 9.10. The van der Waals surface area contributed by atoms with Crippen LogP contribution in [0, 0.1) is 5.82 Å². The SMILES string of the molecule is Nc1ccc(OCCNC(=O)c2cccc(F)c2Br)cc1. The molecule has 0 aliphatic carbocycles. The Morgan fingerprint density at radius 3 is 2.67 bits per heavy atom. The van der Waals surface area contributed by atoms with Crippen LogP contribution in [-0.4, -0.2) is 19.1 Å². The first-order valence-corrected chi connectivity index (χ1v) is 7.08. The van der Waals surface area contributed by atoms with Crippen molar-refractivity contribution in [2.75, 3.05) is 18.9 Å². The molecule has 3 N–H and O–H groups in total. The minimum Gasteiger partial charge on any atom is -0.492 e. The molecule has 110 valence electrons. The van der Waals surface area contributed by atoms with Crippen LogP contribution >= 0.6 is 15.9 Å². The number of nitrogen functional groups attached to an aromatic ring is 1. The molecule has 0 aliphatic heterocycles. The molecule has 2 rings (SSSR count). The molecule has 4 nitrogen and oxygen atoms in total. The van der Waals surface area contributed by atoms with E-state index in [4.69, 9.17) is 10.5 Å². The highest BCUT2D eigenvalue weighted by atomic mass is 79.9. The third-order valence-corrected chi connectivity index (χ3v) is 3.54. The highest BCUT2D eigenvalue weighted by Gasteiger charge is 2.12. The van der Waals surface area contributed by atoms with Gasteiger partial charge in [0.1, 0.15) is 18.2 Å². The summed E-state index contributed by atoms with van der Waals surface area (Å²) in [6.45, 7) is 0.620. The molecule has 21 heavy (non-hydrogen) atoms. The Balaban J connectivity index is 1.82. The van der Waals surface area contributed by atoms with Crippen LogP contribution < -0.4 is 15.8 Å². The number of halogens is 2. The van der Waals surface area contributed by atoms with E-state index in [2.05, 4.69) is 21.2 Å². The molecule has 0 bridgehead atoms. The third kappa shape index (κ3) is 4.19. The number of ether oxygens (including phenoxy) is 1. The lowest BCUT2D eigenvalue weighted by Crippen LogP contribution is -2.28. The summed E-state index contributed by atoms with van der Waals surface area (Å²) in [6, 6.07) is 11.3. The van der Waals surface area contributed by atoms with Crippen molar-refractivity contribution in [3.8, 4) is 5.75 Å². The number of carbonyl (C=O) groups excluding carboxylic acids is 1. The summed E-state index contributed by atoms with van der Waals surface area (Å²) in [7, 11) is 0. The fourth-order valence-corrected chi connectivity index (χ4v) is 2.12. The number of rotatable bonds is 5. The Hall–Kier alpha value is -2.08. The van der Waals surface area contributed by atoms with Crippen molar-refractivity contribution in [1.29, 1.82) is 0 Å². The van der Waals surface area contributed by atoms with Crippen LogP contribution in [-0.2, 0) is 0 Å². The molecular formula is C15H14BrFN2O2. The quantitative estimate of drug-likeness (QED) is 0.642. The molecule has 0 atom stereocenters. The molecule has 0 unspecified atom stereocenters. The average Bonchev–Trinajstić information content (AvgIpc) is 2.48. The van der Waals surface area contributed by atoms with Crippen LogP contribution in [0.3, 0.4) is 0 Å². The summed E-state index contributed by atoms with van der Waals surface area (Å²) in [6.07, 6.45) is 0. The second-order valence-electron chi connectivity index (χ2n) is 4.27. The van der Waals surface area contributed by atoms with Gasteiger partial charge in [0.05, 0.1) is 16.6 Å². The largest absolute Gasteiger partial charge is 0.492 e. The molecule has 0 aliphatic rings. The van der Waals surface area contributed by atoms with Gasteiger partial charge in [-0.25, -0.2) is 4.39 Å². The van der Waals surface area contributed by atoms with Crippen molar-refractivity contribution in [2.45, 2.75) is 0 Å². The topological polar surface area (TPSA) is 64.3 Å². The van der Waals surface area contributed by atoms with Crippen LogP contribution in [0.5, 0.6) is 5.75 Å². The first kappa shape index (κ1) is 15.3. The Labute approximate surface area is 130 Å². The third-order valence-electron chi connectivity index (χ3n) is 2.73. The predicted molar refractivity (Wildman–Crippen MR) is 82.8 cm³/mol. The smallest absolute Gasteiger partial charge is 0.252 e. The molecule has 0 radical (unpaired) electrons. The molecule has 0 saturated carbocycles. The van der Waals surface area contributed by atoms with Crippen molar-refractivity contribution in [2.24, 2.45) is 0 Å². The molecule has 0 heterocycles. The lowest BCUT2D eigenvalue weighted by molar-refractivity contribution is 0.0945. The van der Waals surface area contributed by atoms with E-state index in [1.165, 1.54) is 12.1 Å². The molecule has 2 aromatic carbocycles. The van der Waals surface area contributed by atoms with E-state index in [1.807, 2.05) is 0 Å². The Morgan fingerprint density at radius 2 is 1.95 bits per heavy atom. The van der Waals surface area contributed by atoms with E-state index >= 15 is 0 Å². The number of anilines is 1. The zero-order valence-corrected chi connectivity index (χ0v) is 12.7. The van der Waals surface area contributed by atoms with Crippen molar-refractivity contribution < 1.29 is 13.9 Å². The highest BCUT2D eigenvalue weighted by Crippen LogP contribution is 2.20. The molecular weight excluding hydrogens is 339 g/mol. The minimum atomic E-state index is -0.472. The van der Waals surface area contributed by atoms with Crippen LogP contribution in [0.2, 0.25) is 0 Å². The molecule has 0 spiro atoms. The Morgan fingerprint density at radius 1 is 1.24 bits per heavy atom.